The number of oxazole rings is 1. The van der Waals surface area contributed by atoms with Gasteiger partial charge >= 0.3 is 0 Å². The molecule has 2 aliphatic heterocycles. The molecule has 0 atom stereocenters. The predicted molar refractivity (Wildman–Crippen MR) is 154 cm³/mol. The zero-order valence-electron chi connectivity index (χ0n) is 23.1. The molecule has 210 valence electrons. The second-order valence-electron chi connectivity index (χ2n) is 10.8. The molecule has 4 aromatic rings. The number of amides is 1. The van der Waals surface area contributed by atoms with Gasteiger partial charge in [-0.3, -0.25) is 19.4 Å². The van der Waals surface area contributed by atoms with Crippen LogP contribution < -0.4 is 10.2 Å². The van der Waals surface area contributed by atoms with Crippen molar-refractivity contribution in [3.8, 4) is 11.5 Å². The number of aliphatic hydroxyl groups excluding tert-OH is 1. The summed E-state index contributed by atoms with van der Waals surface area (Å²) in [5.41, 5.74) is 4.46. The Bertz CT molecular complexity index is 1480. The van der Waals surface area contributed by atoms with E-state index in [2.05, 4.69) is 47.8 Å². The van der Waals surface area contributed by atoms with Gasteiger partial charge in [0.2, 0.25) is 5.89 Å². The molecule has 0 saturated carbocycles. The zero-order valence-corrected chi connectivity index (χ0v) is 23.1. The number of nitrogens with zero attached hydrogens (tertiary/aromatic N) is 7. The Hall–Kier alpha value is -3.80. The van der Waals surface area contributed by atoms with Crippen molar-refractivity contribution in [3.05, 3.63) is 54.3 Å². The molecule has 0 unspecified atom stereocenters. The molecule has 40 heavy (non-hydrogen) atoms. The summed E-state index contributed by atoms with van der Waals surface area (Å²) < 4.78 is 7.68. The third kappa shape index (κ3) is 5.72. The molecule has 11 nitrogen and oxygen atoms in total. The third-order valence-corrected chi connectivity index (χ3v) is 7.92. The highest BCUT2D eigenvalue weighted by molar-refractivity contribution is 6.06. The van der Waals surface area contributed by atoms with Crippen molar-refractivity contribution in [1.82, 2.24) is 29.5 Å². The summed E-state index contributed by atoms with van der Waals surface area (Å²) >= 11 is 0. The fourth-order valence-corrected chi connectivity index (χ4v) is 5.44. The number of piperazine rings is 1. The number of anilines is 2. The van der Waals surface area contributed by atoms with Crippen molar-refractivity contribution in [3.63, 3.8) is 0 Å². The Morgan fingerprint density at radius 1 is 1.10 bits per heavy atom. The topological polar surface area (TPSA) is 116 Å². The molecule has 2 saturated heterocycles. The first-order valence-corrected chi connectivity index (χ1v) is 14.0. The molecule has 5 heterocycles. The molecular weight excluding hydrogens is 508 g/mol. The van der Waals surface area contributed by atoms with Crippen LogP contribution in [0, 0.1) is 6.92 Å². The minimum Gasteiger partial charge on any atom is -0.444 e. The van der Waals surface area contributed by atoms with Crippen molar-refractivity contribution in [2.45, 2.75) is 32.4 Å². The van der Waals surface area contributed by atoms with Gasteiger partial charge in [-0.15, -0.1) is 0 Å². The fraction of sp³-hybridized carbons (Fsp3) is 0.448. The number of benzene rings is 1. The van der Waals surface area contributed by atoms with Crippen LogP contribution in [-0.4, -0.2) is 99.5 Å². The van der Waals surface area contributed by atoms with Gasteiger partial charge in [-0.1, -0.05) is 0 Å². The molecule has 0 radical (unpaired) electrons. The number of aromatic nitrogens is 4. The molecule has 2 aliphatic rings. The van der Waals surface area contributed by atoms with Crippen LogP contribution in [0.1, 0.15) is 29.0 Å². The van der Waals surface area contributed by atoms with Crippen LogP contribution in [0.2, 0.25) is 0 Å². The van der Waals surface area contributed by atoms with Crippen LogP contribution in [0.3, 0.4) is 0 Å². The average molecular weight is 545 g/mol. The summed E-state index contributed by atoms with van der Waals surface area (Å²) in [5, 5.41) is 18.8. The summed E-state index contributed by atoms with van der Waals surface area (Å²) in [5.74, 6) is 0.0267. The quantitative estimate of drug-likeness (QED) is 0.362. The van der Waals surface area contributed by atoms with Gasteiger partial charge in [0, 0.05) is 68.7 Å². The molecule has 3 aromatic heterocycles. The number of fused-ring (bicyclic) bond motifs is 1. The van der Waals surface area contributed by atoms with E-state index in [9.17, 15) is 9.90 Å². The number of aliphatic hydroxyl groups is 1. The first-order chi connectivity index (χ1) is 19.4. The lowest BCUT2D eigenvalue weighted by atomic mass is 10.1. The van der Waals surface area contributed by atoms with Gasteiger partial charge in [0.25, 0.3) is 5.91 Å². The van der Waals surface area contributed by atoms with Gasteiger partial charge in [0.15, 0.2) is 5.69 Å². The number of hydrogen-bond donors (Lipinski definition) is 2. The van der Waals surface area contributed by atoms with E-state index in [0.29, 0.717) is 37.5 Å². The normalized spacial score (nSPS) is 17.5. The van der Waals surface area contributed by atoms with Crippen LogP contribution in [0.4, 0.5) is 11.4 Å². The van der Waals surface area contributed by atoms with Gasteiger partial charge in [0.05, 0.1) is 35.7 Å². The number of nitrogens with one attached hydrogen (secondary N) is 1. The van der Waals surface area contributed by atoms with E-state index in [-0.39, 0.29) is 17.7 Å². The van der Waals surface area contributed by atoms with Crippen molar-refractivity contribution in [1.29, 1.82) is 0 Å². The van der Waals surface area contributed by atoms with E-state index in [1.807, 2.05) is 25.3 Å². The van der Waals surface area contributed by atoms with Crippen LogP contribution >= 0.6 is 0 Å². The third-order valence-electron chi connectivity index (χ3n) is 7.92. The predicted octanol–water partition coefficient (Wildman–Crippen LogP) is 2.86. The van der Waals surface area contributed by atoms with Crippen molar-refractivity contribution in [2.75, 3.05) is 63.1 Å². The van der Waals surface area contributed by atoms with Crippen LogP contribution in [0.5, 0.6) is 0 Å². The lowest BCUT2D eigenvalue weighted by Gasteiger charge is -2.33. The first-order valence-electron chi connectivity index (χ1n) is 14.0. The van der Waals surface area contributed by atoms with E-state index >= 15 is 0 Å². The van der Waals surface area contributed by atoms with Crippen molar-refractivity contribution < 1.29 is 14.3 Å². The number of rotatable bonds is 7. The molecule has 6 rings (SSSR count). The van der Waals surface area contributed by atoms with Gasteiger partial charge in [-0.2, -0.15) is 5.10 Å². The molecule has 0 bridgehead atoms. The van der Waals surface area contributed by atoms with Crippen molar-refractivity contribution >= 4 is 28.2 Å². The Kier molecular flexibility index (Phi) is 7.50. The Morgan fingerprint density at radius 2 is 1.90 bits per heavy atom. The summed E-state index contributed by atoms with van der Waals surface area (Å²) in [6.07, 6.45) is 6.01. The molecule has 1 aromatic carbocycles. The standard InChI is InChI=1S/C29H36N8O3/c1-20-15-21(3-6-30-20)29-33-25(19-40-29)28(39)32-24-16-22-18-31-37(14-13-35-11-9-34(2)10-12-35)26(22)17-27(24)36-7-4-23(38)5-8-36/h3,6,15-19,23,38H,4-5,7-14H2,1-2H3,(H,32,39). The Morgan fingerprint density at radius 3 is 2.67 bits per heavy atom. The van der Waals surface area contributed by atoms with Gasteiger partial charge in [-0.05, 0) is 51.1 Å². The fourth-order valence-electron chi connectivity index (χ4n) is 5.44. The van der Waals surface area contributed by atoms with Gasteiger partial charge in [-0.25, -0.2) is 4.98 Å². The minimum absolute atomic E-state index is 0.201. The molecule has 1 amide bonds. The summed E-state index contributed by atoms with van der Waals surface area (Å²) in [7, 11) is 2.17. The Balaban J connectivity index is 1.25. The summed E-state index contributed by atoms with van der Waals surface area (Å²) in [4.78, 5) is 29.0. The Labute approximate surface area is 233 Å². The molecule has 0 spiro atoms. The van der Waals surface area contributed by atoms with E-state index in [4.69, 9.17) is 9.52 Å². The van der Waals surface area contributed by atoms with Crippen LogP contribution in [-0.2, 0) is 6.54 Å². The summed E-state index contributed by atoms with van der Waals surface area (Å²) in [6, 6.07) is 7.78. The number of pyridine rings is 1. The monoisotopic (exact) mass is 544 g/mol. The molecule has 2 fully saturated rings. The van der Waals surface area contributed by atoms with Gasteiger partial charge in [0.1, 0.15) is 6.26 Å². The largest absolute Gasteiger partial charge is 0.444 e. The first kappa shape index (κ1) is 26.4. The lowest BCUT2D eigenvalue weighted by Crippen LogP contribution is -2.45. The molecule has 0 aliphatic carbocycles. The van der Waals surface area contributed by atoms with Crippen LogP contribution in [0.25, 0.3) is 22.4 Å². The maximum Gasteiger partial charge on any atom is 0.277 e. The minimum atomic E-state index is -0.346. The lowest BCUT2D eigenvalue weighted by molar-refractivity contribution is 0.102. The average Bonchev–Trinajstić information content (AvgIpc) is 3.61. The second kappa shape index (κ2) is 11.4. The smallest absolute Gasteiger partial charge is 0.277 e. The summed E-state index contributed by atoms with van der Waals surface area (Å²) in [6.45, 7) is 9.36. The van der Waals surface area contributed by atoms with E-state index in [1.165, 1.54) is 6.26 Å². The highest BCUT2D eigenvalue weighted by Gasteiger charge is 2.23. The number of carbonyl (C=O) groups is 1. The number of piperidine rings is 1. The number of hydrogen-bond acceptors (Lipinski definition) is 9. The zero-order chi connectivity index (χ0) is 27.6. The van der Waals surface area contributed by atoms with E-state index < -0.39 is 0 Å². The number of aryl methyl sites for hydroxylation is 1. The maximum atomic E-state index is 13.3. The van der Waals surface area contributed by atoms with Crippen molar-refractivity contribution in [2.24, 2.45) is 0 Å². The van der Waals surface area contributed by atoms with E-state index in [0.717, 1.165) is 67.1 Å². The molecule has 2 N–H and O–H groups in total. The highest BCUT2D eigenvalue weighted by Crippen LogP contribution is 2.34. The number of carbonyl (C=O) groups excluding carboxylic acids is 1. The highest BCUT2D eigenvalue weighted by atomic mass is 16.3. The maximum absolute atomic E-state index is 13.3. The van der Waals surface area contributed by atoms with Crippen LogP contribution in [0.15, 0.2) is 47.3 Å². The molecule has 11 heteroatoms. The SMILES string of the molecule is Cc1cc(-c2nc(C(=O)Nc3cc4cnn(CCN5CCN(C)CC5)c4cc3N3CCC(O)CC3)co2)ccn1. The van der Waals surface area contributed by atoms with E-state index in [1.54, 1.807) is 12.3 Å². The molecular formula is C29H36N8O3. The number of likely N-dealkylation sites (N-methyl/N-ethyl adjacent to an activating group) is 1. The second-order valence-corrected chi connectivity index (χ2v) is 10.8. The van der Waals surface area contributed by atoms with Gasteiger partial charge < -0.3 is 24.6 Å².